The number of carbonyl (C=O) groups is 1. The summed E-state index contributed by atoms with van der Waals surface area (Å²) in [6.07, 6.45) is 0.749. The van der Waals surface area contributed by atoms with Crippen molar-refractivity contribution < 1.29 is 9.53 Å². The van der Waals surface area contributed by atoms with Crippen LogP contribution in [0.2, 0.25) is 0 Å². The number of fused-ring (bicyclic) bond motifs is 1. The lowest BCUT2D eigenvalue weighted by atomic mass is 9.95. The maximum atomic E-state index is 11.2. The normalized spacial score (nSPS) is 10.2. The molecule has 0 bridgehead atoms. The number of ether oxygens (including phenoxy) is 1. The van der Waals surface area contributed by atoms with Crippen molar-refractivity contribution in [2.45, 2.75) is 13.3 Å². The van der Waals surface area contributed by atoms with Gasteiger partial charge in [-0.25, -0.2) is 0 Å². The van der Waals surface area contributed by atoms with Crippen molar-refractivity contribution in [1.29, 1.82) is 0 Å². The third-order valence-corrected chi connectivity index (χ3v) is 4.24. The van der Waals surface area contributed by atoms with Crippen LogP contribution in [0.15, 0.2) is 54.6 Å². The SMILES string of the molecule is COc1ccc2cc(-c3cccc(N)c3)cc(CCNC(C)=O)c2c1.Cl. The summed E-state index contributed by atoms with van der Waals surface area (Å²) in [6.45, 7) is 2.13. The fraction of sp³-hybridized carbons (Fsp3) is 0.190. The van der Waals surface area contributed by atoms with E-state index in [-0.39, 0.29) is 18.3 Å². The second-order valence-corrected chi connectivity index (χ2v) is 6.08. The van der Waals surface area contributed by atoms with Crippen molar-refractivity contribution in [3.05, 3.63) is 60.2 Å². The monoisotopic (exact) mass is 370 g/mol. The molecule has 0 saturated carbocycles. The highest BCUT2D eigenvalue weighted by atomic mass is 35.5. The summed E-state index contributed by atoms with van der Waals surface area (Å²) >= 11 is 0. The van der Waals surface area contributed by atoms with Crippen molar-refractivity contribution in [1.82, 2.24) is 5.32 Å². The number of methoxy groups -OCH3 is 1. The molecule has 0 atom stereocenters. The van der Waals surface area contributed by atoms with Crippen LogP contribution in [0.25, 0.3) is 21.9 Å². The van der Waals surface area contributed by atoms with Crippen LogP contribution in [0.1, 0.15) is 12.5 Å². The maximum absolute atomic E-state index is 11.2. The number of anilines is 1. The first-order valence-electron chi connectivity index (χ1n) is 8.28. The molecule has 3 N–H and O–H groups in total. The van der Waals surface area contributed by atoms with E-state index in [1.165, 1.54) is 12.5 Å². The number of hydrogen-bond acceptors (Lipinski definition) is 3. The average Bonchev–Trinajstić information content (AvgIpc) is 2.60. The van der Waals surface area contributed by atoms with E-state index in [1.807, 2.05) is 30.3 Å². The van der Waals surface area contributed by atoms with Gasteiger partial charge in [0.05, 0.1) is 7.11 Å². The molecule has 3 aromatic rings. The third kappa shape index (κ3) is 4.46. The minimum Gasteiger partial charge on any atom is -0.497 e. The standard InChI is InChI=1S/C21H22N2O2.ClH/c1-14(24)23-9-8-17-11-18(15-4-3-5-19(22)12-15)10-16-6-7-20(25-2)13-21(16)17;/h3-7,10-13H,8-9,22H2,1-2H3,(H,23,24);1H. The first kappa shape index (κ1) is 19.6. The van der Waals surface area contributed by atoms with Crippen molar-refractivity contribution in [2.24, 2.45) is 0 Å². The van der Waals surface area contributed by atoms with Crippen molar-refractivity contribution in [3.8, 4) is 16.9 Å². The number of hydrogen-bond donors (Lipinski definition) is 2. The van der Waals surface area contributed by atoms with Crippen LogP contribution in [0, 0.1) is 0 Å². The van der Waals surface area contributed by atoms with E-state index in [9.17, 15) is 4.79 Å². The molecule has 5 heteroatoms. The molecular weight excluding hydrogens is 348 g/mol. The minimum absolute atomic E-state index is 0. The van der Waals surface area contributed by atoms with Gasteiger partial charge in [-0.15, -0.1) is 12.4 Å². The highest BCUT2D eigenvalue weighted by Gasteiger charge is 2.08. The molecular formula is C21H23ClN2O2. The molecule has 0 radical (unpaired) electrons. The van der Waals surface area contributed by atoms with Gasteiger partial charge in [-0.1, -0.05) is 24.3 Å². The molecule has 0 heterocycles. The minimum atomic E-state index is -0.0196. The van der Waals surface area contributed by atoms with Crippen LogP contribution >= 0.6 is 12.4 Å². The van der Waals surface area contributed by atoms with Crippen LogP contribution in [0.5, 0.6) is 5.75 Å². The second-order valence-electron chi connectivity index (χ2n) is 6.08. The Morgan fingerprint density at radius 2 is 1.88 bits per heavy atom. The number of halogens is 1. The summed E-state index contributed by atoms with van der Waals surface area (Å²) in [4.78, 5) is 11.2. The van der Waals surface area contributed by atoms with Crippen molar-refractivity contribution in [3.63, 3.8) is 0 Å². The molecule has 136 valence electrons. The van der Waals surface area contributed by atoms with E-state index in [1.54, 1.807) is 7.11 Å². The summed E-state index contributed by atoms with van der Waals surface area (Å²) in [5, 5.41) is 5.14. The fourth-order valence-electron chi connectivity index (χ4n) is 3.01. The topological polar surface area (TPSA) is 64.3 Å². The number of amides is 1. The van der Waals surface area contributed by atoms with E-state index in [0.717, 1.165) is 39.8 Å². The van der Waals surface area contributed by atoms with Gasteiger partial charge >= 0.3 is 0 Å². The Bertz CT molecular complexity index is 925. The van der Waals surface area contributed by atoms with E-state index in [0.29, 0.717) is 6.54 Å². The zero-order valence-corrected chi connectivity index (χ0v) is 15.7. The average molecular weight is 371 g/mol. The van der Waals surface area contributed by atoms with Gasteiger partial charge in [-0.05, 0) is 64.2 Å². The first-order valence-corrected chi connectivity index (χ1v) is 8.28. The van der Waals surface area contributed by atoms with Gasteiger partial charge in [0, 0.05) is 19.2 Å². The number of rotatable bonds is 5. The summed E-state index contributed by atoms with van der Waals surface area (Å²) in [7, 11) is 1.67. The Hall–Kier alpha value is -2.72. The summed E-state index contributed by atoms with van der Waals surface area (Å²) in [6, 6.07) is 18.3. The van der Waals surface area contributed by atoms with Gasteiger partial charge in [-0.3, -0.25) is 4.79 Å². The van der Waals surface area contributed by atoms with Crippen LogP contribution < -0.4 is 15.8 Å². The molecule has 3 aromatic carbocycles. The molecule has 0 saturated heterocycles. The Morgan fingerprint density at radius 3 is 2.58 bits per heavy atom. The third-order valence-electron chi connectivity index (χ3n) is 4.24. The predicted molar refractivity (Wildman–Crippen MR) is 110 cm³/mol. The Balaban J connectivity index is 0.00000243. The van der Waals surface area contributed by atoms with Crippen LogP contribution in [-0.2, 0) is 11.2 Å². The lowest BCUT2D eigenvalue weighted by molar-refractivity contribution is -0.118. The maximum Gasteiger partial charge on any atom is 0.216 e. The molecule has 4 nitrogen and oxygen atoms in total. The van der Waals surface area contributed by atoms with Gasteiger partial charge in [0.15, 0.2) is 0 Å². The van der Waals surface area contributed by atoms with Crippen LogP contribution in [0.3, 0.4) is 0 Å². The number of benzene rings is 3. The van der Waals surface area contributed by atoms with E-state index in [4.69, 9.17) is 10.5 Å². The molecule has 0 spiro atoms. The van der Waals surface area contributed by atoms with Crippen LogP contribution in [-0.4, -0.2) is 19.6 Å². The molecule has 0 fully saturated rings. The Labute approximate surface area is 159 Å². The van der Waals surface area contributed by atoms with Gasteiger partial charge in [0.2, 0.25) is 5.91 Å². The van der Waals surface area contributed by atoms with Crippen molar-refractivity contribution in [2.75, 3.05) is 19.4 Å². The molecule has 3 rings (SSSR count). The zero-order chi connectivity index (χ0) is 17.8. The van der Waals surface area contributed by atoms with E-state index >= 15 is 0 Å². The van der Waals surface area contributed by atoms with Gasteiger partial charge < -0.3 is 15.8 Å². The highest BCUT2D eigenvalue weighted by molar-refractivity contribution is 5.91. The first-order chi connectivity index (χ1) is 12.1. The van der Waals surface area contributed by atoms with E-state index in [2.05, 4.69) is 29.6 Å². The number of nitrogens with two attached hydrogens (primary N) is 1. The summed E-state index contributed by atoms with van der Waals surface area (Å²) < 4.78 is 5.36. The molecule has 0 unspecified atom stereocenters. The van der Waals surface area contributed by atoms with Crippen molar-refractivity contribution >= 4 is 34.8 Å². The number of carbonyl (C=O) groups excluding carboxylic acids is 1. The lowest BCUT2D eigenvalue weighted by Gasteiger charge is -2.13. The van der Waals surface area contributed by atoms with Gasteiger partial charge in [0.1, 0.15) is 5.75 Å². The smallest absolute Gasteiger partial charge is 0.216 e. The molecule has 0 aliphatic rings. The molecule has 0 aliphatic heterocycles. The molecule has 26 heavy (non-hydrogen) atoms. The predicted octanol–water partition coefficient (Wildman–Crippen LogP) is 4.20. The summed E-state index contributed by atoms with van der Waals surface area (Å²) in [5.74, 6) is 0.804. The number of nitrogen functional groups attached to an aromatic ring is 1. The Kier molecular flexibility index (Phi) is 6.47. The molecule has 0 aromatic heterocycles. The molecule has 1 amide bonds. The number of nitrogens with one attached hydrogen (secondary N) is 1. The zero-order valence-electron chi connectivity index (χ0n) is 14.9. The van der Waals surface area contributed by atoms with Gasteiger partial charge in [0.25, 0.3) is 0 Å². The quantitative estimate of drug-likeness (QED) is 0.661. The second kappa shape index (κ2) is 8.59. The largest absolute Gasteiger partial charge is 0.497 e. The Morgan fingerprint density at radius 1 is 1.08 bits per heavy atom. The highest BCUT2D eigenvalue weighted by Crippen LogP contribution is 2.31. The van der Waals surface area contributed by atoms with E-state index < -0.39 is 0 Å². The summed E-state index contributed by atoms with van der Waals surface area (Å²) in [5.41, 5.74) is 10.0. The lowest BCUT2D eigenvalue weighted by Crippen LogP contribution is -2.22. The molecule has 0 aliphatic carbocycles. The van der Waals surface area contributed by atoms with Crippen LogP contribution in [0.4, 0.5) is 5.69 Å². The fourth-order valence-corrected chi connectivity index (χ4v) is 3.01. The van der Waals surface area contributed by atoms with Gasteiger partial charge in [-0.2, -0.15) is 0 Å².